The van der Waals surface area contributed by atoms with Gasteiger partial charge in [-0.25, -0.2) is 17.5 Å². The van der Waals surface area contributed by atoms with E-state index >= 15 is 0 Å². The Morgan fingerprint density at radius 1 is 1.21 bits per heavy atom. The molecule has 0 unspecified atom stereocenters. The smallest absolute Gasteiger partial charge is 0.207 e. The maximum absolute atomic E-state index is 13.7. The predicted molar refractivity (Wildman–Crippen MR) is 73.7 cm³/mol. The molecular formula is C13H15BrFNO2S. The molecule has 0 radical (unpaired) electrons. The van der Waals surface area contributed by atoms with Gasteiger partial charge in [-0.05, 0) is 55.7 Å². The van der Waals surface area contributed by atoms with Crippen molar-refractivity contribution in [3.05, 3.63) is 28.5 Å². The highest BCUT2D eigenvalue weighted by molar-refractivity contribution is 9.10. The summed E-state index contributed by atoms with van der Waals surface area (Å²) in [5, 5.41) is 0. The van der Waals surface area contributed by atoms with Gasteiger partial charge < -0.3 is 0 Å². The molecule has 0 spiro atoms. The summed E-state index contributed by atoms with van der Waals surface area (Å²) in [6.07, 6.45) is 4.30. The molecule has 3 rings (SSSR count). The van der Waals surface area contributed by atoms with Gasteiger partial charge in [0.15, 0.2) is 0 Å². The average molecular weight is 348 g/mol. The highest BCUT2D eigenvalue weighted by atomic mass is 79.9. The molecule has 19 heavy (non-hydrogen) atoms. The average Bonchev–Trinajstić information content (AvgIpc) is 3.22. The second-order valence-corrected chi connectivity index (χ2v) is 7.99. The van der Waals surface area contributed by atoms with Crippen LogP contribution in [-0.4, -0.2) is 14.5 Å². The SMILES string of the molecule is O=S(=O)(NC(C1CC1)C1CC1)c1cc(Br)ccc1F. The summed E-state index contributed by atoms with van der Waals surface area (Å²) in [6.45, 7) is 0. The molecule has 3 nitrogen and oxygen atoms in total. The summed E-state index contributed by atoms with van der Waals surface area (Å²) in [5.74, 6) is 0.177. The maximum atomic E-state index is 13.7. The lowest BCUT2D eigenvalue weighted by atomic mass is 10.1. The molecule has 1 aromatic rings. The minimum absolute atomic E-state index is 0.0108. The van der Waals surface area contributed by atoms with Gasteiger partial charge in [0, 0.05) is 10.5 Å². The van der Waals surface area contributed by atoms with Gasteiger partial charge in [-0.15, -0.1) is 0 Å². The van der Waals surface area contributed by atoms with Gasteiger partial charge in [-0.3, -0.25) is 0 Å². The van der Waals surface area contributed by atoms with Crippen molar-refractivity contribution in [2.24, 2.45) is 11.8 Å². The van der Waals surface area contributed by atoms with Crippen LogP contribution in [0.5, 0.6) is 0 Å². The number of nitrogens with one attached hydrogen (secondary N) is 1. The fourth-order valence-corrected chi connectivity index (χ4v) is 4.40. The van der Waals surface area contributed by atoms with Crippen molar-refractivity contribution >= 4 is 26.0 Å². The van der Waals surface area contributed by atoms with Gasteiger partial charge in [-0.2, -0.15) is 0 Å². The molecule has 104 valence electrons. The van der Waals surface area contributed by atoms with E-state index in [2.05, 4.69) is 20.7 Å². The molecule has 0 aromatic heterocycles. The van der Waals surface area contributed by atoms with Crippen molar-refractivity contribution in [1.29, 1.82) is 0 Å². The van der Waals surface area contributed by atoms with Crippen LogP contribution in [0.3, 0.4) is 0 Å². The Kier molecular flexibility index (Phi) is 3.43. The fraction of sp³-hybridized carbons (Fsp3) is 0.538. The van der Waals surface area contributed by atoms with Crippen molar-refractivity contribution in [2.45, 2.75) is 36.6 Å². The largest absolute Gasteiger partial charge is 0.243 e. The molecule has 0 amide bonds. The second kappa shape index (κ2) is 4.82. The van der Waals surface area contributed by atoms with Gasteiger partial charge in [0.2, 0.25) is 10.0 Å². The predicted octanol–water partition coefficient (Wildman–Crippen LogP) is 3.06. The van der Waals surface area contributed by atoms with E-state index in [9.17, 15) is 12.8 Å². The highest BCUT2D eigenvalue weighted by Gasteiger charge is 2.43. The van der Waals surface area contributed by atoms with E-state index in [0.29, 0.717) is 16.3 Å². The Bertz CT molecular complexity index is 585. The van der Waals surface area contributed by atoms with Gasteiger partial charge >= 0.3 is 0 Å². The standard InChI is InChI=1S/C13H15BrFNO2S/c14-10-5-6-11(15)12(7-10)19(17,18)16-13(8-1-2-8)9-3-4-9/h5-9,13,16H,1-4H2. The molecule has 0 aliphatic heterocycles. The monoisotopic (exact) mass is 347 g/mol. The van der Waals surface area contributed by atoms with E-state index in [1.807, 2.05) is 0 Å². The molecule has 0 bridgehead atoms. The lowest BCUT2D eigenvalue weighted by Crippen LogP contribution is -2.38. The zero-order valence-corrected chi connectivity index (χ0v) is 12.7. The number of benzene rings is 1. The first-order chi connectivity index (χ1) is 8.97. The molecule has 0 saturated heterocycles. The molecule has 6 heteroatoms. The van der Waals surface area contributed by atoms with E-state index in [1.54, 1.807) is 0 Å². The van der Waals surface area contributed by atoms with E-state index in [0.717, 1.165) is 25.7 Å². The van der Waals surface area contributed by atoms with Crippen molar-refractivity contribution in [2.75, 3.05) is 0 Å². The fourth-order valence-electron chi connectivity index (χ4n) is 2.41. The second-order valence-electron chi connectivity index (χ2n) is 5.40. The number of hydrogen-bond acceptors (Lipinski definition) is 2. The van der Waals surface area contributed by atoms with E-state index in [-0.39, 0.29) is 10.9 Å². The number of hydrogen-bond donors (Lipinski definition) is 1. The van der Waals surface area contributed by atoms with Crippen LogP contribution in [0.4, 0.5) is 4.39 Å². The maximum Gasteiger partial charge on any atom is 0.243 e. The summed E-state index contributed by atoms with van der Waals surface area (Å²) < 4.78 is 41.6. The van der Waals surface area contributed by atoms with E-state index in [1.165, 1.54) is 18.2 Å². The third-order valence-corrected chi connectivity index (χ3v) is 5.70. The van der Waals surface area contributed by atoms with Gasteiger partial charge in [-0.1, -0.05) is 15.9 Å². The van der Waals surface area contributed by atoms with Crippen LogP contribution in [0.2, 0.25) is 0 Å². The normalized spacial score (nSPS) is 19.9. The highest BCUT2D eigenvalue weighted by Crippen LogP contribution is 2.45. The van der Waals surface area contributed by atoms with Crippen molar-refractivity contribution in [3.63, 3.8) is 0 Å². The Labute approximate surface area is 120 Å². The van der Waals surface area contributed by atoms with Crippen LogP contribution < -0.4 is 4.72 Å². The lowest BCUT2D eigenvalue weighted by molar-refractivity contribution is 0.468. The Morgan fingerprint density at radius 3 is 2.32 bits per heavy atom. The van der Waals surface area contributed by atoms with Crippen molar-refractivity contribution in [3.8, 4) is 0 Å². The molecular weight excluding hydrogens is 333 g/mol. The Morgan fingerprint density at radius 2 is 1.79 bits per heavy atom. The minimum atomic E-state index is -3.78. The molecule has 0 atom stereocenters. The van der Waals surface area contributed by atoms with E-state index in [4.69, 9.17) is 0 Å². The van der Waals surface area contributed by atoms with Crippen LogP contribution in [0, 0.1) is 17.7 Å². The zero-order valence-electron chi connectivity index (χ0n) is 10.3. The first-order valence-electron chi connectivity index (χ1n) is 6.45. The molecule has 2 aliphatic carbocycles. The van der Waals surface area contributed by atoms with E-state index < -0.39 is 15.8 Å². The molecule has 2 saturated carbocycles. The Hall–Kier alpha value is -0.460. The molecule has 1 aromatic carbocycles. The first-order valence-corrected chi connectivity index (χ1v) is 8.72. The van der Waals surface area contributed by atoms with Crippen LogP contribution in [0.15, 0.2) is 27.6 Å². The lowest BCUT2D eigenvalue weighted by Gasteiger charge is -2.18. The van der Waals surface area contributed by atoms with Gasteiger partial charge in [0.25, 0.3) is 0 Å². The summed E-state index contributed by atoms with van der Waals surface area (Å²) in [5.41, 5.74) is 0. The third-order valence-electron chi connectivity index (χ3n) is 3.73. The first kappa shape index (κ1) is 13.5. The van der Waals surface area contributed by atoms with Gasteiger partial charge in [0.05, 0.1) is 0 Å². The summed E-state index contributed by atoms with van der Waals surface area (Å²) in [7, 11) is -3.78. The minimum Gasteiger partial charge on any atom is -0.207 e. The molecule has 0 heterocycles. The molecule has 1 N–H and O–H groups in total. The summed E-state index contributed by atoms with van der Waals surface area (Å²) >= 11 is 3.18. The molecule has 2 fully saturated rings. The topological polar surface area (TPSA) is 46.2 Å². The molecule has 2 aliphatic rings. The van der Waals surface area contributed by atoms with Crippen molar-refractivity contribution < 1.29 is 12.8 Å². The van der Waals surface area contributed by atoms with Crippen molar-refractivity contribution in [1.82, 2.24) is 4.72 Å². The van der Waals surface area contributed by atoms with Crippen LogP contribution in [0.1, 0.15) is 25.7 Å². The van der Waals surface area contributed by atoms with Crippen LogP contribution >= 0.6 is 15.9 Å². The number of sulfonamides is 1. The Balaban J connectivity index is 1.87. The van der Waals surface area contributed by atoms with Crippen LogP contribution in [0.25, 0.3) is 0 Å². The number of rotatable bonds is 5. The summed E-state index contributed by atoms with van der Waals surface area (Å²) in [6, 6.07) is 3.97. The zero-order chi connectivity index (χ0) is 13.6. The summed E-state index contributed by atoms with van der Waals surface area (Å²) in [4.78, 5) is -0.270. The number of halogens is 2. The van der Waals surface area contributed by atoms with Crippen LogP contribution in [-0.2, 0) is 10.0 Å². The third kappa shape index (κ3) is 3.01. The quantitative estimate of drug-likeness (QED) is 0.889. The van der Waals surface area contributed by atoms with Gasteiger partial charge in [0.1, 0.15) is 10.7 Å².